The lowest BCUT2D eigenvalue weighted by Crippen LogP contribution is -2.50. The van der Waals surface area contributed by atoms with Crippen LogP contribution in [0.25, 0.3) is 0 Å². The van der Waals surface area contributed by atoms with Gasteiger partial charge in [-0.15, -0.1) is 0 Å². The molecule has 0 aromatic carbocycles. The Bertz CT molecular complexity index is 446. The predicted molar refractivity (Wildman–Crippen MR) is 69.5 cm³/mol. The molecule has 18 heavy (non-hydrogen) atoms. The van der Waals surface area contributed by atoms with Crippen LogP contribution in [0.3, 0.4) is 0 Å². The van der Waals surface area contributed by atoms with Gasteiger partial charge in [-0.2, -0.15) is 4.31 Å². The zero-order chi connectivity index (χ0) is 13.3. The Labute approximate surface area is 108 Å². The maximum absolute atomic E-state index is 12.0. The highest BCUT2D eigenvalue weighted by Gasteiger charge is 2.40. The molecule has 0 bridgehead atoms. The third-order valence-electron chi connectivity index (χ3n) is 3.63. The molecule has 0 aromatic heterocycles. The van der Waals surface area contributed by atoms with Gasteiger partial charge in [0.15, 0.2) is 0 Å². The third-order valence-corrected chi connectivity index (χ3v) is 5.79. The maximum atomic E-state index is 12.0. The number of likely N-dealkylation sites (tertiary alicyclic amines) is 1. The Morgan fingerprint density at radius 1 is 1.39 bits per heavy atom. The quantitative estimate of drug-likeness (QED) is 0.686. The third kappa shape index (κ3) is 2.59. The lowest BCUT2D eigenvalue weighted by atomic mass is 10.0. The average Bonchev–Trinajstić information content (AvgIpc) is 2.61. The summed E-state index contributed by atoms with van der Waals surface area (Å²) in [6.45, 7) is 7.21. The molecule has 5 nitrogen and oxygen atoms in total. The summed E-state index contributed by atoms with van der Waals surface area (Å²) in [6, 6.07) is -0.0578. The summed E-state index contributed by atoms with van der Waals surface area (Å²) in [5.74, 6) is 0.309. The first kappa shape index (κ1) is 13.5. The van der Waals surface area contributed by atoms with Gasteiger partial charge in [-0.1, -0.05) is 13.5 Å². The molecule has 2 aliphatic heterocycles. The summed E-state index contributed by atoms with van der Waals surface area (Å²) in [6.07, 6.45) is 2.99. The Morgan fingerprint density at radius 2 is 2.11 bits per heavy atom. The first-order chi connectivity index (χ1) is 8.44. The summed E-state index contributed by atoms with van der Waals surface area (Å²) < 4.78 is 25.6. The van der Waals surface area contributed by atoms with Crippen LogP contribution in [0.2, 0.25) is 0 Å². The Balaban J connectivity index is 2.10. The monoisotopic (exact) mass is 272 g/mol. The predicted octanol–water partition coefficient (Wildman–Crippen LogP) is 0.445. The summed E-state index contributed by atoms with van der Waals surface area (Å²) in [4.78, 5) is 13.3. The zero-order valence-electron chi connectivity index (χ0n) is 10.7. The van der Waals surface area contributed by atoms with E-state index in [0.717, 1.165) is 12.8 Å². The van der Waals surface area contributed by atoms with Crippen molar-refractivity contribution in [2.45, 2.75) is 25.8 Å². The smallest absolute Gasteiger partial charge is 0.246 e. The SMILES string of the molecule is C=CC(=O)N1CCCC(N2CC(C)CS2(=O)=O)C1. The van der Waals surface area contributed by atoms with Gasteiger partial charge >= 0.3 is 0 Å². The number of piperidine rings is 1. The van der Waals surface area contributed by atoms with Crippen LogP contribution in [0.4, 0.5) is 0 Å². The van der Waals surface area contributed by atoms with Crippen molar-refractivity contribution < 1.29 is 13.2 Å². The summed E-state index contributed by atoms with van der Waals surface area (Å²) in [5.41, 5.74) is 0. The van der Waals surface area contributed by atoms with E-state index in [1.807, 2.05) is 6.92 Å². The van der Waals surface area contributed by atoms with Crippen molar-refractivity contribution in [3.05, 3.63) is 12.7 Å². The first-order valence-corrected chi connectivity index (χ1v) is 7.96. The molecule has 2 heterocycles. The molecule has 2 fully saturated rings. The van der Waals surface area contributed by atoms with E-state index < -0.39 is 10.0 Å². The number of rotatable bonds is 2. The fourth-order valence-electron chi connectivity index (χ4n) is 2.82. The average molecular weight is 272 g/mol. The first-order valence-electron chi connectivity index (χ1n) is 6.35. The van der Waals surface area contributed by atoms with Gasteiger partial charge in [-0.05, 0) is 24.8 Å². The molecule has 0 saturated carbocycles. The second kappa shape index (κ2) is 5.01. The zero-order valence-corrected chi connectivity index (χ0v) is 11.5. The molecule has 102 valence electrons. The number of sulfonamides is 1. The van der Waals surface area contributed by atoms with Crippen LogP contribution in [0.5, 0.6) is 0 Å². The lowest BCUT2D eigenvalue weighted by Gasteiger charge is -2.36. The summed E-state index contributed by atoms with van der Waals surface area (Å²) >= 11 is 0. The molecule has 2 rings (SSSR count). The molecule has 0 spiro atoms. The van der Waals surface area contributed by atoms with Crippen LogP contribution in [0.1, 0.15) is 19.8 Å². The van der Waals surface area contributed by atoms with Crippen molar-refractivity contribution in [2.75, 3.05) is 25.4 Å². The fourth-order valence-corrected chi connectivity index (χ4v) is 4.95. The Morgan fingerprint density at radius 3 is 2.67 bits per heavy atom. The van der Waals surface area contributed by atoms with Crippen molar-refractivity contribution in [3.8, 4) is 0 Å². The van der Waals surface area contributed by atoms with Crippen LogP contribution < -0.4 is 0 Å². The van der Waals surface area contributed by atoms with Crippen LogP contribution in [0, 0.1) is 5.92 Å². The minimum Gasteiger partial charge on any atom is -0.338 e. The van der Waals surface area contributed by atoms with Gasteiger partial charge in [0.1, 0.15) is 0 Å². The van der Waals surface area contributed by atoms with Crippen LogP contribution in [-0.4, -0.2) is 55.0 Å². The van der Waals surface area contributed by atoms with Crippen LogP contribution >= 0.6 is 0 Å². The number of nitrogens with zero attached hydrogens (tertiary/aromatic N) is 2. The van der Waals surface area contributed by atoms with E-state index >= 15 is 0 Å². The van der Waals surface area contributed by atoms with Crippen LogP contribution in [0.15, 0.2) is 12.7 Å². The van der Waals surface area contributed by atoms with E-state index in [1.54, 1.807) is 9.21 Å². The molecular weight excluding hydrogens is 252 g/mol. The molecular formula is C12H20N2O3S. The van der Waals surface area contributed by atoms with Crippen LogP contribution in [-0.2, 0) is 14.8 Å². The van der Waals surface area contributed by atoms with Crippen molar-refractivity contribution in [1.29, 1.82) is 0 Å². The van der Waals surface area contributed by atoms with Crippen molar-refractivity contribution in [3.63, 3.8) is 0 Å². The normalized spacial score (nSPS) is 32.4. The minimum absolute atomic E-state index is 0.0578. The highest BCUT2D eigenvalue weighted by molar-refractivity contribution is 7.89. The van der Waals surface area contributed by atoms with E-state index in [-0.39, 0.29) is 23.6 Å². The van der Waals surface area contributed by atoms with Gasteiger partial charge < -0.3 is 4.90 Å². The second-order valence-electron chi connectivity index (χ2n) is 5.24. The Hall–Kier alpha value is -0.880. The number of hydrogen-bond acceptors (Lipinski definition) is 3. The molecule has 6 heteroatoms. The van der Waals surface area contributed by atoms with E-state index in [2.05, 4.69) is 6.58 Å². The molecule has 1 amide bonds. The molecule has 2 atom stereocenters. The second-order valence-corrected chi connectivity index (χ2v) is 7.20. The Kier molecular flexibility index (Phi) is 3.77. The minimum atomic E-state index is -3.12. The van der Waals surface area contributed by atoms with E-state index in [4.69, 9.17) is 0 Å². The number of carbonyl (C=O) groups is 1. The summed E-state index contributed by atoms with van der Waals surface area (Å²) in [7, 11) is -3.12. The van der Waals surface area contributed by atoms with Gasteiger partial charge in [0.05, 0.1) is 5.75 Å². The maximum Gasteiger partial charge on any atom is 0.246 e. The van der Waals surface area contributed by atoms with Gasteiger partial charge in [-0.3, -0.25) is 4.79 Å². The van der Waals surface area contributed by atoms with Gasteiger partial charge in [0.2, 0.25) is 15.9 Å². The van der Waals surface area contributed by atoms with Crippen molar-refractivity contribution >= 4 is 15.9 Å². The van der Waals surface area contributed by atoms with Crippen molar-refractivity contribution in [2.24, 2.45) is 5.92 Å². The molecule has 0 N–H and O–H groups in total. The van der Waals surface area contributed by atoms with Gasteiger partial charge in [0.25, 0.3) is 0 Å². The lowest BCUT2D eigenvalue weighted by molar-refractivity contribution is -0.127. The highest BCUT2D eigenvalue weighted by Crippen LogP contribution is 2.26. The number of hydrogen-bond donors (Lipinski definition) is 0. The highest BCUT2D eigenvalue weighted by atomic mass is 32.2. The molecule has 2 unspecified atom stereocenters. The standard InChI is InChI=1S/C12H20N2O3S/c1-3-12(15)13-6-4-5-11(8-13)14-7-10(2)9-18(14,16)17/h3,10-11H,1,4-9H2,2H3. The molecule has 2 saturated heterocycles. The number of amides is 1. The molecule has 0 aliphatic carbocycles. The molecule has 0 aromatic rings. The van der Waals surface area contributed by atoms with E-state index in [9.17, 15) is 13.2 Å². The van der Waals surface area contributed by atoms with Crippen molar-refractivity contribution in [1.82, 2.24) is 9.21 Å². The molecule has 0 radical (unpaired) electrons. The summed E-state index contributed by atoms with van der Waals surface area (Å²) in [5, 5.41) is 0. The van der Waals surface area contributed by atoms with E-state index in [0.29, 0.717) is 19.6 Å². The number of carbonyl (C=O) groups excluding carboxylic acids is 1. The van der Waals surface area contributed by atoms with Gasteiger partial charge in [-0.25, -0.2) is 8.42 Å². The molecule has 2 aliphatic rings. The van der Waals surface area contributed by atoms with Gasteiger partial charge in [0, 0.05) is 25.7 Å². The largest absolute Gasteiger partial charge is 0.338 e. The van der Waals surface area contributed by atoms with E-state index in [1.165, 1.54) is 6.08 Å². The fraction of sp³-hybridized carbons (Fsp3) is 0.750. The topological polar surface area (TPSA) is 57.7 Å².